The zero-order valence-electron chi connectivity index (χ0n) is 29.1. The number of hydrogen-bond acceptors (Lipinski definition) is 9. The average molecular weight is 704 g/mol. The Morgan fingerprint density at radius 2 is 1.63 bits per heavy atom. The molecule has 1 saturated heterocycles. The molecular weight excluding hydrogens is 662 g/mol. The second-order valence-corrected chi connectivity index (χ2v) is 14.0. The van der Waals surface area contributed by atoms with Crippen LogP contribution in [0.1, 0.15) is 59.2 Å². The summed E-state index contributed by atoms with van der Waals surface area (Å²) in [6.45, 7) is 2.09. The first-order chi connectivity index (χ1) is 25.2. The number of amides is 2. The van der Waals surface area contributed by atoms with Crippen LogP contribution in [0, 0.1) is 12.3 Å². The van der Waals surface area contributed by atoms with Crippen molar-refractivity contribution in [2.45, 2.75) is 69.5 Å². The number of rotatable bonds is 8. The number of anilines is 1. The standard InChI is InChI=1S/C41H41N3O8/c1-25-13-19-32-31(21-25)36(45)40(38(52-32)42-23-26-14-20-33-34(22-26)51-24-50-33)35(37(46)43-28-9-5-3-6-10-28)44(29-11-7-4-8-12-29)39(47)41(40,48)27-15-17-30(49-2)18-16-27/h4,7-8,11-22,28,35,38,42,48H,3,5-6,9-10,23-24H2,1-2H3,(H,43,46)/t35-,38+,40+,41-/m1/s1. The summed E-state index contributed by atoms with van der Waals surface area (Å²) < 4.78 is 23.3. The van der Waals surface area contributed by atoms with Crippen molar-refractivity contribution in [3.05, 3.63) is 113 Å². The molecule has 4 aromatic rings. The molecule has 1 spiro atoms. The molecule has 3 aliphatic heterocycles. The van der Waals surface area contributed by atoms with Crippen LogP contribution in [0.4, 0.5) is 5.69 Å². The minimum Gasteiger partial charge on any atom is -0.497 e. The lowest BCUT2D eigenvalue weighted by atomic mass is 9.60. The molecule has 0 bridgehead atoms. The van der Waals surface area contributed by atoms with Crippen LogP contribution in [0.15, 0.2) is 91.0 Å². The van der Waals surface area contributed by atoms with Gasteiger partial charge in [-0.25, -0.2) is 0 Å². The number of para-hydroxylation sites is 1. The van der Waals surface area contributed by atoms with Gasteiger partial charge in [0.2, 0.25) is 12.7 Å². The summed E-state index contributed by atoms with van der Waals surface area (Å²) in [4.78, 5) is 47.4. The SMILES string of the molecule is COc1ccc([C@@]2(O)C(=O)N(c3ccccc3)[C@H](C(=O)NC3CCCCC3)[C@@]23C(=O)c2cc(C)ccc2O[C@@H]3NCc2ccc3c(c2)OCO3)cc1. The number of ether oxygens (including phenoxy) is 4. The number of methoxy groups -OCH3 is 1. The fourth-order valence-corrected chi connectivity index (χ4v) is 8.34. The molecule has 1 aliphatic carbocycles. The first kappa shape index (κ1) is 33.7. The average Bonchev–Trinajstić information content (AvgIpc) is 3.73. The van der Waals surface area contributed by atoms with Gasteiger partial charge in [-0.3, -0.25) is 24.6 Å². The highest BCUT2D eigenvalue weighted by atomic mass is 16.7. The smallest absolute Gasteiger partial charge is 0.265 e. The molecule has 0 radical (unpaired) electrons. The van der Waals surface area contributed by atoms with Gasteiger partial charge in [-0.1, -0.05) is 67.3 Å². The van der Waals surface area contributed by atoms with E-state index in [1.54, 1.807) is 72.8 Å². The van der Waals surface area contributed by atoms with Crippen molar-refractivity contribution in [2.75, 3.05) is 18.8 Å². The number of Topliss-reactive ketones (excluding diaryl/α,β-unsaturated/α-hetero) is 1. The van der Waals surface area contributed by atoms with E-state index in [1.165, 1.54) is 12.0 Å². The highest BCUT2D eigenvalue weighted by Gasteiger charge is 2.79. The number of carbonyl (C=O) groups is 3. The molecule has 268 valence electrons. The molecule has 4 aliphatic rings. The van der Waals surface area contributed by atoms with Gasteiger partial charge in [-0.15, -0.1) is 0 Å². The van der Waals surface area contributed by atoms with Gasteiger partial charge in [0.25, 0.3) is 5.91 Å². The largest absolute Gasteiger partial charge is 0.497 e. The van der Waals surface area contributed by atoms with Crippen molar-refractivity contribution in [2.24, 2.45) is 5.41 Å². The number of nitrogens with zero attached hydrogens (tertiary/aromatic N) is 1. The van der Waals surface area contributed by atoms with Crippen LogP contribution in [0.25, 0.3) is 0 Å². The number of aliphatic hydroxyl groups is 1. The zero-order valence-corrected chi connectivity index (χ0v) is 29.1. The van der Waals surface area contributed by atoms with E-state index >= 15 is 14.4 Å². The van der Waals surface area contributed by atoms with Gasteiger partial charge in [0, 0.05) is 18.3 Å². The normalized spacial score (nSPS) is 25.2. The summed E-state index contributed by atoms with van der Waals surface area (Å²) in [6.07, 6.45) is 3.13. The Kier molecular flexibility index (Phi) is 8.63. The van der Waals surface area contributed by atoms with E-state index in [4.69, 9.17) is 18.9 Å². The summed E-state index contributed by atoms with van der Waals surface area (Å²) in [5, 5.41) is 20.1. The molecule has 2 amide bonds. The molecule has 8 rings (SSSR count). The molecule has 11 heteroatoms. The maximum absolute atomic E-state index is 15.7. The minimum atomic E-state index is -2.60. The van der Waals surface area contributed by atoms with Gasteiger partial charge in [-0.05, 0) is 79.4 Å². The van der Waals surface area contributed by atoms with Crippen LogP contribution in [-0.4, -0.2) is 54.9 Å². The van der Waals surface area contributed by atoms with Gasteiger partial charge in [0.1, 0.15) is 17.5 Å². The van der Waals surface area contributed by atoms with Crippen LogP contribution in [0.3, 0.4) is 0 Å². The summed E-state index contributed by atoms with van der Waals surface area (Å²) in [7, 11) is 1.52. The molecule has 3 N–H and O–H groups in total. The van der Waals surface area contributed by atoms with Crippen molar-refractivity contribution < 1.29 is 38.4 Å². The van der Waals surface area contributed by atoms with Gasteiger partial charge in [0.05, 0.1) is 12.7 Å². The molecular formula is C41H41N3O8. The molecule has 2 fully saturated rings. The van der Waals surface area contributed by atoms with Crippen molar-refractivity contribution in [3.63, 3.8) is 0 Å². The summed E-state index contributed by atoms with van der Waals surface area (Å²) in [5.74, 6) is -0.00811. The van der Waals surface area contributed by atoms with Crippen LogP contribution >= 0.6 is 0 Å². The van der Waals surface area contributed by atoms with Crippen LogP contribution in [-0.2, 0) is 21.7 Å². The Morgan fingerprint density at radius 3 is 2.38 bits per heavy atom. The molecule has 1 saturated carbocycles. The molecule has 52 heavy (non-hydrogen) atoms. The Bertz CT molecular complexity index is 2010. The molecule has 11 nitrogen and oxygen atoms in total. The van der Waals surface area contributed by atoms with E-state index in [9.17, 15) is 5.11 Å². The fourth-order valence-electron chi connectivity index (χ4n) is 8.34. The highest BCUT2D eigenvalue weighted by Crippen LogP contribution is 2.59. The van der Waals surface area contributed by atoms with Crippen LogP contribution in [0.5, 0.6) is 23.0 Å². The van der Waals surface area contributed by atoms with Crippen molar-refractivity contribution >= 4 is 23.3 Å². The van der Waals surface area contributed by atoms with E-state index < -0.39 is 40.9 Å². The monoisotopic (exact) mass is 703 g/mol. The quantitative estimate of drug-likeness (QED) is 0.227. The van der Waals surface area contributed by atoms with Crippen molar-refractivity contribution in [1.29, 1.82) is 0 Å². The summed E-state index contributed by atoms with van der Waals surface area (Å²) >= 11 is 0. The predicted molar refractivity (Wildman–Crippen MR) is 191 cm³/mol. The Labute approximate surface area is 301 Å². The zero-order chi connectivity index (χ0) is 36.0. The van der Waals surface area contributed by atoms with E-state index in [2.05, 4.69) is 10.6 Å². The topological polar surface area (TPSA) is 136 Å². The number of hydrogen-bond donors (Lipinski definition) is 3. The number of carbonyl (C=O) groups excluding carboxylic acids is 3. The van der Waals surface area contributed by atoms with Crippen molar-refractivity contribution in [1.82, 2.24) is 10.6 Å². The van der Waals surface area contributed by atoms with E-state index in [-0.39, 0.29) is 36.3 Å². The predicted octanol–water partition coefficient (Wildman–Crippen LogP) is 5.16. The Hall–Kier alpha value is -5.39. The molecule has 0 unspecified atom stereocenters. The van der Waals surface area contributed by atoms with E-state index in [0.29, 0.717) is 22.9 Å². The molecule has 3 heterocycles. The Morgan fingerprint density at radius 1 is 0.904 bits per heavy atom. The molecule has 4 aromatic carbocycles. The molecule has 0 aromatic heterocycles. The number of fused-ring (bicyclic) bond motifs is 2. The number of benzene rings is 4. The maximum atomic E-state index is 15.7. The second-order valence-electron chi connectivity index (χ2n) is 14.0. The first-order valence-electron chi connectivity index (χ1n) is 17.8. The van der Waals surface area contributed by atoms with Gasteiger partial charge in [-0.2, -0.15) is 0 Å². The third kappa shape index (κ3) is 5.29. The van der Waals surface area contributed by atoms with E-state index in [0.717, 1.165) is 43.2 Å². The van der Waals surface area contributed by atoms with Crippen molar-refractivity contribution in [3.8, 4) is 23.0 Å². The number of ketones is 1. The minimum absolute atomic E-state index is 0.107. The summed E-state index contributed by atoms with van der Waals surface area (Å²) in [6, 6.07) is 24.1. The van der Waals surface area contributed by atoms with Gasteiger partial charge < -0.3 is 29.4 Å². The lowest BCUT2D eigenvalue weighted by Gasteiger charge is -2.49. The highest BCUT2D eigenvalue weighted by molar-refractivity contribution is 6.20. The lowest BCUT2D eigenvalue weighted by molar-refractivity contribution is -0.156. The van der Waals surface area contributed by atoms with Gasteiger partial charge >= 0.3 is 0 Å². The lowest BCUT2D eigenvalue weighted by Crippen LogP contribution is -2.71. The second kappa shape index (κ2) is 13.3. The van der Waals surface area contributed by atoms with Crippen LogP contribution < -0.4 is 34.5 Å². The third-order valence-electron chi connectivity index (χ3n) is 10.9. The van der Waals surface area contributed by atoms with Crippen LogP contribution in [0.2, 0.25) is 0 Å². The fraction of sp³-hybridized carbons (Fsp3) is 0.341. The first-order valence-corrected chi connectivity index (χ1v) is 17.8. The van der Waals surface area contributed by atoms with E-state index in [1.807, 2.05) is 25.1 Å². The summed E-state index contributed by atoms with van der Waals surface area (Å²) in [5.41, 5.74) is -2.65. The Balaban J connectivity index is 1.36. The number of nitrogens with one attached hydrogen (secondary N) is 2. The number of aryl methyl sites for hydroxylation is 1. The molecule has 4 atom stereocenters. The maximum Gasteiger partial charge on any atom is 0.265 e. The van der Waals surface area contributed by atoms with Gasteiger partial charge in [0.15, 0.2) is 34.5 Å². The third-order valence-corrected chi connectivity index (χ3v) is 10.9.